The van der Waals surface area contributed by atoms with Crippen LogP contribution in [0.5, 0.6) is 0 Å². The maximum atomic E-state index is 12.6. The number of hydrogen-bond donors (Lipinski definition) is 2. The summed E-state index contributed by atoms with van der Waals surface area (Å²) < 4.78 is 1.93. The Hall–Kier alpha value is -2.41. The molecule has 0 spiro atoms. The smallest absolute Gasteiger partial charge is 0.317 e. The Morgan fingerprint density at radius 3 is 2.50 bits per heavy atom. The number of aromatic nitrogens is 3. The molecule has 28 heavy (non-hydrogen) atoms. The van der Waals surface area contributed by atoms with Gasteiger partial charge in [-0.2, -0.15) is 0 Å². The maximum Gasteiger partial charge on any atom is 0.317 e. The monoisotopic (exact) mass is 384 g/mol. The molecule has 152 valence electrons. The maximum absolute atomic E-state index is 12.6. The largest absolute Gasteiger partial charge is 0.331 e. The average Bonchev–Trinajstić information content (AvgIpc) is 3.25. The summed E-state index contributed by atoms with van der Waals surface area (Å²) in [6, 6.07) is 10.3. The molecule has 1 saturated heterocycles. The van der Waals surface area contributed by atoms with Crippen LogP contribution in [-0.4, -0.2) is 39.0 Å². The fraction of sp³-hybridized carbons (Fsp3) is 0.571. The number of benzene rings is 1. The van der Waals surface area contributed by atoms with Gasteiger partial charge in [-0.15, -0.1) is 5.10 Å². The number of carbonyl (C=O) groups excluding carboxylic acids is 1. The second-order valence-corrected chi connectivity index (χ2v) is 7.75. The van der Waals surface area contributed by atoms with E-state index >= 15 is 0 Å². The molecule has 1 atom stereocenters. The van der Waals surface area contributed by atoms with E-state index in [1.54, 1.807) is 0 Å². The van der Waals surface area contributed by atoms with Crippen molar-refractivity contribution in [1.29, 1.82) is 0 Å². The number of nitrogens with zero attached hydrogens (tertiary/aromatic N) is 4. The van der Waals surface area contributed by atoms with Crippen molar-refractivity contribution in [3.8, 4) is 0 Å². The lowest BCUT2D eigenvalue weighted by molar-refractivity contribution is 0.165. The number of rotatable bonds is 6. The molecule has 2 aromatic rings. The van der Waals surface area contributed by atoms with Gasteiger partial charge in [0.05, 0.1) is 23.8 Å². The van der Waals surface area contributed by atoms with Crippen molar-refractivity contribution < 1.29 is 4.79 Å². The van der Waals surface area contributed by atoms with Gasteiger partial charge < -0.3 is 16.0 Å². The molecule has 0 aliphatic carbocycles. The summed E-state index contributed by atoms with van der Waals surface area (Å²) in [6.45, 7) is 7.59. The van der Waals surface area contributed by atoms with Crippen LogP contribution < -0.4 is 11.1 Å². The molecule has 7 heteroatoms. The molecule has 0 bridgehead atoms. The summed E-state index contributed by atoms with van der Waals surface area (Å²) >= 11 is 0. The lowest BCUT2D eigenvalue weighted by atomic mass is 9.91. The highest BCUT2D eigenvalue weighted by atomic mass is 16.2. The van der Waals surface area contributed by atoms with Gasteiger partial charge in [0.25, 0.3) is 0 Å². The molecule has 0 radical (unpaired) electrons. The molecule has 2 heterocycles. The van der Waals surface area contributed by atoms with Gasteiger partial charge in [0.15, 0.2) is 0 Å². The molecule has 3 N–H and O–H groups in total. The molecule has 1 fully saturated rings. The number of piperidine rings is 1. The van der Waals surface area contributed by atoms with Crippen LogP contribution in [0.2, 0.25) is 0 Å². The standard InChI is InChI=1S/C21H32N6O/c1-4-21(22,5-2)19-15-27(25-24-19)18-11-13-26(14-12-18)20(28)23-16(3)17-9-7-6-8-10-17/h6-10,15-16,18H,4-5,11-14,22H2,1-3H3,(H,23,28)/t16-/m1/s1. The van der Waals surface area contributed by atoms with Gasteiger partial charge in [0.1, 0.15) is 5.69 Å². The van der Waals surface area contributed by atoms with E-state index < -0.39 is 5.54 Å². The highest BCUT2D eigenvalue weighted by molar-refractivity contribution is 5.74. The van der Waals surface area contributed by atoms with Gasteiger partial charge in [0.2, 0.25) is 0 Å². The van der Waals surface area contributed by atoms with Gasteiger partial charge in [-0.1, -0.05) is 49.4 Å². The molecule has 0 unspecified atom stereocenters. The van der Waals surface area contributed by atoms with E-state index in [1.807, 2.05) is 53.0 Å². The summed E-state index contributed by atoms with van der Waals surface area (Å²) in [6.07, 6.45) is 5.39. The SMILES string of the molecule is CCC(N)(CC)c1cn(C2CCN(C(=O)N[C@H](C)c3ccccc3)CC2)nn1. The number of urea groups is 1. The number of hydrogen-bond acceptors (Lipinski definition) is 4. The highest BCUT2D eigenvalue weighted by Gasteiger charge is 2.29. The Kier molecular flexibility index (Phi) is 6.34. The van der Waals surface area contributed by atoms with Crippen LogP contribution in [0.1, 0.15) is 69.8 Å². The molecular formula is C21H32N6O. The lowest BCUT2D eigenvalue weighted by Gasteiger charge is -2.32. The molecule has 2 amide bonds. The minimum Gasteiger partial charge on any atom is -0.331 e. The Balaban J connectivity index is 1.54. The summed E-state index contributed by atoms with van der Waals surface area (Å²) in [7, 11) is 0. The Bertz CT molecular complexity index is 762. The van der Waals surface area contributed by atoms with Crippen LogP contribution in [0.4, 0.5) is 4.79 Å². The van der Waals surface area contributed by atoms with Crippen molar-refractivity contribution in [2.45, 2.75) is 64.1 Å². The van der Waals surface area contributed by atoms with Crippen molar-refractivity contribution in [3.05, 3.63) is 47.8 Å². The topological polar surface area (TPSA) is 89.1 Å². The summed E-state index contributed by atoms with van der Waals surface area (Å²) in [5, 5.41) is 11.8. The van der Waals surface area contributed by atoms with Crippen LogP contribution in [0.25, 0.3) is 0 Å². The molecule has 1 aliphatic rings. The van der Waals surface area contributed by atoms with Gasteiger partial charge in [-0.25, -0.2) is 9.48 Å². The summed E-state index contributed by atoms with van der Waals surface area (Å²) in [5.41, 5.74) is 7.99. The van der Waals surface area contributed by atoms with Crippen molar-refractivity contribution in [3.63, 3.8) is 0 Å². The van der Waals surface area contributed by atoms with E-state index in [-0.39, 0.29) is 18.1 Å². The number of amides is 2. The fourth-order valence-electron chi connectivity index (χ4n) is 3.73. The van der Waals surface area contributed by atoms with Crippen molar-refractivity contribution in [1.82, 2.24) is 25.2 Å². The Morgan fingerprint density at radius 2 is 1.89 bits per heavy atom. The lowest BCUT2D eigenvalue weighted by Crippen LogP contribution is -2.45. The van der Waals surface area contributed by atoms with Crippen LogP contribution in [0.15, 0.2) is 36.5 Å². The van der Waals surface area contributed by atoms with E-state index in [4.69, 9.17) is 5.73 Å². The summed E-state index contributed by atoms with van der Waals surface area (Å²) in [5.74, 6) is 0. The minimum atomic E-state index is -0.410. The molecule has 1 aromatic heterocycles. The fourth-order valence-corrected chi connectivity index (χ4v) is 3.73. The molecular weight excluding hydrogens is 352 g/mol. The van der Waals surface area contributed by atoms with E-state index in [0.29, 0.717) is 13.1 Å². The van der Waals surface area contributed by atoms with E-state index in [0.717, 1.165) is 36.9 Å². The molecule has 0 saturated carbocycles. The second-order valence-electron chi connectivity index (χ2n) is 7.75. The predicted molar refractivity (Wildman–Crippen MR) is 110 cm³/mol. The number of nitrogens with one attached hydrogen (secondary N) is 1. The summed E-state index contributed by atoms with van der Waals surface area (Å²) in [4.78, 5) is 14.5. The first-order valence-corrected chi connectivity index (χ1v) is 10.3. The van der Waals surface area contributed by atoms with E-state index in [1.165, 1.54) is 0 Å². The van der Waals surface area contributed by atoms with Crippen LogP contribution in [0, 0.1) is 0 Å². The van der Waals surface area contributed by atoms with E-state index in [9.17, 15) is 4.79 Å². The minimum absolute atomic E-state index is 0.00739. The third kappa shape index (κ3) is 4.35. The number of carbonyl (C=O) groups is 1. The predicted octanol–water partition coefficient (Wildman–Crippen LogP) is 3.36. The van der Waals surface area contributed by atoms with Gasteiger partial charge >= 0.3 is 6.03 Å². The first-order chi connectivity index (χ1) is 13.5. The average molecular weight is 385 g/mol. The molecule has 3 rings (SSSR count). The molecule has 1 aliphatic heterocycles. The van der Waals surface area contributed by atoms with E-state index in [2.05, 4.69) is 29.5 Å². The van der Waals surface area contributed by atoms with Crippen molar-refractivity contribution in [2.75, 3.05) is 13.1 Å². The number of nitrogens with two attached hydrogens (primary N) is 1. The first-order valence-electron chi connectivity index (χ1n) is 10.3. The molecule has 7 nitrogen and oxygen atoms in total. The zero-order chi connectivity index (χ0) is 20.1. The van der Waals surface area contributed by atoms with Gasteiger partial charge in [-0.05, 0) is 38.2 Å². The normalized spacial score (nSPS) is 16.8. The van der Waals surface area contributed by atoms with Gasteiger partial charge in [0, 0.05) is 13.1 Å². The molecule has 1 aromatic carbocycles. The zero-order valence-corrected chi connectivity index (χ0v) is 17.1. The van der Waals surface area contributed by atoms with Gasteiger partial charge in [-0.3, -0.25) is 0 Å². The first kappa shape index (κ1) is 20.3. The highest BCUT2D eigenvalue weighted by Crippen LogP contribution is 2.27. The van der Waals surface area contributed by atoms with Crippen LogP contribution >= 0.6 is 0 Å². The zero-order valence-electron chi connectivity index (χ0n) is 17.1. The Morgan fingerprint density at radius 1 is 1.25 bits per heavy atom. The Labute approximate surface area is 167 Å². The quantitative estimate of drug-likeness (QED) is 0.799. The van der Waals surface area contributed by atoms with Crippen LogP contribution in [-0.2, 0) is 5.54 Å². The van der Waals surface area contributed by atoms with Crippen LogP contribution in [0.3, 0.4) is 0 Å². The number of likely N-dealkylation sites (tertiary alicyclic amines) is 1. The van der Waals surface area contributed by atoms with Crippen molar-refractivity contribution >= 4 is 6.03 Å². The third-order valence-electron chi connectivity index (χ3n) is 6.05. The third-order valence-corrected chi connectivity index (χ3v) is 6.05. The van der Waals surface area contributed by atoms with Crippen molar-refractivity contribution in [2.24, 2.45) is 5.73 Å². The second kappa shape index (κ2) is 8.73.